The summed E-state index contributed by atoms with van der Waals surface area (Å²) in [6.45, 7) is 0. The van der Waals surface area contributed by atoms with E-state index < -0.39 is 12.1 Å². The van der Waals surface area contributed by atoms with E-state index in [1.54, 1.807) is 0 Å². The number of ether oxygens (including phenoxy) is 1. The van der Waals surface area contributed by atoms with Crippen molar-refractivity contribution in [3.05, 3.63) is 108 Å². The number of hydrogen-bond acceptors (Lipinski definition) is 2. The highest BCUT2D eigenvalue weighted by Crippen LogP contribution is 2.25. The van der Waals surface area contributed by atoms with Gasteiger partial charge in [-0.15, -0.1) is 0 Å². The first-order chi connectivity index (χ1) is 11.8. The maximum absolute atomic E-state index is 12.2. The summed E-state index contributed by atoms with van der Waals surface area (Å²) in [5.41, 5.74) is 2.61. The quantitative estimate of drug-likeness (QED) is 0.530. The maximum atomic E-state index is 12.2. The first kappa shape index (κ1) is 15.6. The lowest BCUT2D eigenvalue weighted by Gasteiger charge is -2.17. The van der Waals surface area contributed by atoms with Crippen LogP contribution in [-0.4, -0.2) is 5.97 Å². The van der Waals surface area contributed by atoms with Crippen molar-refractivity contribution in [3.8, 4) is 11.8 Å². The Bertz CT molecular complexity index is 804. The minimum Gasteiger partial charge on any atom is -0.443 e. The fourth-order valence-electron chi connectivity index (χ4n) is 2.37. The molecular weight excluding hydrogens is 296 g/mol. The summed E-state index contributed by atoms with van der Waals surface area (Å²) in [4.78, 5) is 12.2. The molecule has 0 aliphatic carbocycles. The molecule has 0 radical (unpaired) electrons. The molecule has 116 valence electrons. The monoisotopic (exact) mass is 312 g/mol. The summed E-state index contributed by atoms with van der Waals surface area (Å²) in [5, 5.41) is 0. The van der Waals surface area contributed by atoms with Crippen LogP contribution in [0.4, 0.5) is 0 Å². The van der Waals surface area contributed by atoms with Gasteiger partial charge in [0.2, 0.25) is 0 Å². The fraction of sp³-hybridized carbons (Fsp3) is 0.0455. The molecule has 3 aromatic rings. The maximum Gasteiger partial charge on any atom is 0.385 e. The molecule has 0 N–H and O–H groups in total. The van der Waals surface area contributed by atoms with Gasteiger partial charge in [-0.1, -0.05) is 84.8 Å². The average Bonchev–Trinajstić information content (AvgIpc) is 2.67. The standard InChI is InChI=1S/C22H16O2/c23-21(17-16-18-10-4-1-5-11-18)24-22(19-12-6-2-7-13-19)20-14-8-3-9-15-20/h1-15,22H. The Balaban J connectivity index is 1.83. The molecule has 2 heteroatoms. The number of rotatable bonds is 3. The van der Waals surface area contributed by atoms with Crippen LogP contribution >= 0.6 is 0 Å². The topological polar surface area (TPSA) is 26.3 Å². The van der Waals surface area contributed by atoms with Crippen LogP contribution in [0.15, 0.2) is 91.0 Å². The highest BCUT2D eigenvalue weighted by molar-refractivity contribution is 5.89. The number of hydrogen-bond donors (Lipinski definition) is 0. The Morgan fingerprint density at radius 1 is 0.708 bits per heavy atom. The van der Waals surface area contributed by atoms with Crippen molar-refractivity contribution in [1.82, 2.24) is 0 Å². The van der Waals surface area contributed by atoms with Crippen LogP contribution in [0.5, 0.6) is 0 Å². The predicted molar refractivity (Wildman–Crippen MR) is 94.1 cm³/mol. The molecule has 0 saturated heterocycles. The van der Waals surface area contributed by atoms with E-state index in [1.165, 1.54) is 0 Å². The lowest BCUT2D eigenvalue weighted by atomic mass is 10.0. The molecule has 0 heterocycles. The molecule has 0 fully saturated rings. The van der Waals surface area contributed by atoms with Crippen molar-refractivity contribution in [2.75, 3.05) is 0 Å². The van der Waals surface area contributed by atoms with Gasteiger partial charge in [0.25, 0.3) is 0 Å². The van der Waals surface area contributed by atoms with Gasteiger partial charge in [0.15, 0.2) is 6.10 Å². The Morgan fingerprint density at radius 2 is 1.17 bits per heavy atom. The zero-order chi connectivity index (χ0) is 16.6. The van der Waals surface area contributed by atoms with E-state index in [9.17, 15) is 4.79 Å². The van der Waals surface area contributed by atoms with Gasteiger partial charge < -0.3 is 4.74 Å². The third kappa shape index (κ3) is 4.12. The van der Waals surface area contributed by atoms with E-state index in [0.29, 0.717) is 0 Å². The third-order valence-corrected chi connectivity index (χ3v) is 3.51. The van der Waals surface area contributed by atoms with Crippen molar-refractivity contribution in [1.29, 1.82) is 0 Å². The van der Waals surface area contributed by atoms with Crippen molar-refractivity contribution in [2.24, 2.45) is 0 Å². The lowest BCUT2D eigenvalue weighted by molar-refractivity contribution is -0.140. The van der Waals surface area contributed by atoms with E-state index in [0.717, 1.165) is 16.7 Å². The SMILES string of the molecule is O=C(C#Cc1ccccc1)OC(c1ccccc1)c1ccccc1. The highest BCUT2D eigenvalue weighted by Gasteiger charge is 2.17. The second-order valence-electron chi connectivity index (χ2n) is 5.22. The first-order valence-electron chi connectivity index (χ1n) is 7.70. The molecular formula is C22H16O2. The molecule has 24 heavy (non-hydrogen) atoms. The number of carbonyl (C=O) groups is 1. The molecule has 0 unspecified atom stereocenters. The van der Waals surface area contributed by atoms with Gasteiger partial charge >= 0.3 is 5.97 Å². The molecule has 0 aliphatic rings. The average molecular weight is 312 g/mol. The zero-order valence-corrected chi connectivity index (χ0v) is 13.1. The fourth-order valence-corrected chi connectivity index (χ4v) is 2.37. The van der Waals surface area contributed by atoms with Crippen LogP contribution in [0.25, 0.3) is 0 Å². The molecule has 0 aromatic heterocycles. The van der Waals surface area contributed by atoms with Crippen molar-refractivity contribution < 1.29 is 9.53 Å². The van der Waals surface area contributed by atoms with Gasteiger partial charge in [-0.05, 0) is 23.3 Å². The largest absolute Gasteiger partial charge is 0.443 e. The minimum atomic E-state index is -0.545. The van der Waals surface area contributed by atoms with Gasteiger partial charge in [-0.3, -0.25) is 0 Å². The predicted octanol–water partition coefficient (Wildman–Crippen LogP) is 4.37. The summed E-state index contributed by atoms with van der Waals surface area (Å²) in [5.74, 6) is 4.84. The Hall–Kier alpha value is -3.31. The van der Waals surface area contributed by atoms with E-state index in [1.807, 2.05) is 91.0 Å². The summed E-state index contributed by atoms with van der Waals surface area (Å²) in [6, 6.07) is 28.7. The van der Waals surface area contributed by atoms with Crippen LogP contribution in [0.2, 0.25) is 0 Å². The van der Waals surface area contributed by atoms with E-state index in [2.05, 4.69) is 11.8 Å². The molecule has 2 nitrogen and oxygen atoms in total. The molecule has 0 spiro atoms. The summed E-state index contributed by atoms with van der Waals surface area (Å²) < 4.78 is 5.63. The molecule has 3 rings (SSSR count). The first-order valence-corrected chi connectivity index (χ1v) is 7.70. The summed E-state index contributed by atoms with van der Waals surface area (Å²) >= 11 is 0. The Kier molecular flexibility index (Phi) is 5.07. The number of benzene rings is 3. The second kappa shape index (κ2) is 7.80. The van der Waals surface area contributed by atoms with Crippen molar-refractivity contribution in [3.63, 3.8) is 0 Å². The molecule has 3 aromatic carbocycles. The van der Waals surface area contributed by atoms with Crippen LogP contribution < -0.4 is 0 Å². The third-order valence-electron chi connectivity index (χ3n) is 3.51. The summed E-state index contributed by atoms with van der Waals surface area (Å²) in [7, 11) is 0. The van der Waals surface area contributed by atoms with Crippen LogP contribution in [0, 0.1) is 11.8 Å². The molecule has 0 bridgehead atoms. The van der Waals surface area contributed by atoms with Gasteiger partial charge in [0, 0.05) is 11.5 Å². The second-order valence-corrected chi connectivity index (χ2v) is 5.22. The van der Waals surface area contributed by atoms with Gasteiger partial charge in [0.1, 0.15) is 0 Å². The molecule has 0 atom stereocenters. The normalized spacial score (nSPS) is 9.88. The van der Waals surface area contributed by atoms with Gasteiger partial charge in [-0.25, -0.2) is 4.79 Å². The van der Waals surface area contributed by atoms with Crippen molar-refractivity contribution in [2.45, 2.75) is 6.10 Å². The van der Waals surface area contributed by atoms with E-state index in [4.69, 9.17) is 4.74 Å². The van der Waals surface area contributed by atoms with E-state index in [-0.39, 0.29) is 0 Å². The van der Waals surface area contributed by atoms with Gasteiger partial charge in [-0.2, -0.15) is 0 Å². The zero-order valence-electron chi connectivity index (χ0n) is 13.1. The number of carbonyl (C=O) groups excluding carboxylic acids is 1. The van der Waals surface area contributed by atoms with Crippen molar-refractivity contribution >= 4 is 5.97 Å². The number of esters is 1. The Labute approximate surface area is 141 Å². The summed E-state index contributed by atoms with van der Waals surface area (Å²) in [6.07, 6.45) is -0.468. The smallest absolute Gasteiger partial charge is 0.385 e. The molecule has 0 saturated carbocycles. The van der Waals surface area contributed by atoms with Gasteiger partial charge in [0.05, 0.1) is 0 Å². The highest BCUT2D eigenvalue weighted by atomic mass is 16.5. The molecule has 0 amide bonds. The van der Waals surface area contributed by atoms with E-state index >= 15 is 0 Å². The molecule has 0 aliphatic heterocycles. The van der Waals surface area contributed by atoms with Crippen LogP contribution in [0.1, 0.15) is 22.8 Å². The van der Waals surface area contributed by atoms with Crippen LogP contribution in [0.3, 0.4) is 0 Å². The Morgan fingerprint density at radius 3 is 1.67 bits per heavy atom. The minimum absolute atomic E-state index is 0.468. The van der Waals surface area contributed by atoms with Crippen LogP contribution in [-0.2, 0) is 9.53 Å². The lowest BCUT2D eigenvalue weighted by Crippen LogP contribution is -2.11.